The second kappa shape index (κ2) is 8.70. The maximum Gasteiger partial charge on any atom is 0.221 e. The van der Waals surface area contributed by atoms with Gasteiger partial charge in [0.05, 0.1) is 0 Å². The maximum absolute atomic E-state index is 11.5. The number of nitrogens with one attached hydrogen (secondary N) is 2. The fourth-order valence-corrected chi connectivity index (χ4v) is 1.73. The summed E-state index contributed by atoms with van der Waals surface area (Å²) in [5, 5.41) is 6.23. The van der Waals surface area contributed by atoms with Gasteiger partial charge < -0.3 is 10.6 Å². The molecule has 1 rings (SSSR count). The van der Waals surface area contributed by atoms with Gasteiger partial charge in [-0.1, -0.05) is 43.7 Å². The minimum absolute atomic E-state index is 0.136. The first-order valence-corrected chi connectivity index (χ1v) is 7.11. The Balaban J connectivity index is 2.07. The van der Waals surface area contributed by atoms with Gasteiger partial charge in [0.15, 0.2) is 0 Å². The van der Waals surface area contributed by atoms with E-state index in [1.807, 2.05) is 0 Å². The van der Waals surface area contributed by atoms with Gasteiger partial charge in [-0.25, -0.2) is 0 Å². The highest BCUT2D eigenvalue weighted by Gasteiger charge is 2.01. The molecule has 0 atom stereocenters. The van der Waals surface area contributed by atoms with Crippen LogP contribution in [0.25, 0.3) is 0 Å². The SMILES string of the molecule is Cc1ccc(CNCCC(=O)NCCC(C)C)cc1. The number of aryl methyl sites for hydroxylation is 1. The lowest BCUT2D eigenvalue weighted by Crippen LogP contribution is -2.28. The quantitative estimate of drug-likeness (QED) is 0.707. The Morgan fingerprint density at radius 3 is 2.47 bits per heavy atom. The Bertz CT molecular complexity index is 371. The van der Waals surface area contributed by atoms with Gasteiger partial charge in [0, 0.05) is 26.1 Å². The van der Waals surface area contributed by atoms with Gasteiger partial charge in [-0.2, -0.15) is 0 Å². The molecular formula is C16H26N2O. The summed E-state index contributed by atoms with van der Waals surface area (Å²) in [6.45, 7) is 8.73. The molecule has 2 N–H and O–H groups in total. The fraction of sp³-hybridized carbons (Fsp3) is 0.562. The van der Waals surface area contributed by atoms with Crippen molar-refractivity contribution >= 4 is 5.91 Å². The normalized spacial score (nSPS) is 10.7. The summed E-state index contributed by atoms with van der Waals surface area (Å²) < 4.78 is 0. The van der Waals surface area contributed by atoms with Crippen LogP contribution >= 0.6 is 0 Å². The van der Waals surface area contributed by atoms with Crippen molar-refractivity contribution < 1.29 is 4.79 Å². The van der Waals surface area contributed by atoms with Crippen molar-refractivity contribution in [2.24, 2.45) is 5.92 Å². The molecule has 0 saturated carbocycles. The summed E-state index contributed by atoms with van der Waals surface area (Å²) in [4.78, 5) is 11.5. The van der Waals surface area contributed by atoms with E-state index in [-0.39, 0.29) is 5.91 Å². The van der Waals surface area contributed by atoms with Crippen LogP contribution in [0.15, 0.2) is 24.3 Å². The van der Waals surface area contributed by atoms with Crippen LogP contribution in [0.3, 0.4) is 0 Å². The standard InChI is InChI=1S/C16H26N2O/c1-13(2)8-11-18-16(19)9-10-17-12-15-6-4-14(3)5-7-15/h4-7,13,17H,8-12H2,1-3H3,(H,18,19). The van der Waals surface area contributed by atoms with Crippen LogP contribution < -0.4 is 10.6 Å². The lowest BCUT2D eigenvalue weighted by Gasteiger charge is -2.08. The van der Waals surface area contributed by atoms with Crippen molar-refractivity contribution in [2.45, 2.75) is 40.2 Å². The molecule has 3 heteroatoms. The van der Waals surface area contributed by atoms with Crippen LogP contribution in [0.4, 0.5) is 0 Å². The maximum atomic E-state index is 11.5. The average Bonchev–Trinajstić information content (AvgIpc) is 2.36. The van der Waals surface area contributed by atoms with Gasteiger partial charge in [-0.15, -0.1) is 0 Å². The van der Waals surface area contributed by atoms with Crippen LogP contribution in [0, 0.1) is 12.8 Å². The van der Waals surface area contributed by atoms with E-state index in [4.69, 9.17) is 0 Å². The van der Waals surface area contributed by atoms with Gasteiger partial charge in [0.2, 0.25) is 5.91 Å². The van der Waals surface area contributed by atoms with Gasteiger partial charge >= 0.3 is 0 Å². The molecule has 0 spiro atoms. The highest BCUT2D eigenvalue weighted by molar-refractivity contribution is 5.75. The van der Waals surface area contributed by atoms with Gasteiger partial charge in [0.25, 0.3) is 0 Å². The van der Waals surface area contributed by atoms with E-state index < -0.39 is 0 Å². The van der Waals surface area contributed by atoms with Crippen molar-refractivity contribution in [3.05, 3.63) is 35.4 Å². The zero-order valence-corrected chi connectivity index (χ0v) is 12.3. The van der Waals surface area contributed by atoms with Crippen LogP contribution in [-0.2, 0) is 11.3 Å². The van der Waals surface area contributed by atoms with Crippen LogP contribution in [0.1, 0.15) is 37.8 Å². The lowest BCUT2D eigenvalue weighted by atomic mass is 10.1. The summed E-state index contributed by atoms with van der Waals surface area (Å²) in [6, 6.07) is 8.45. The molecule has 0 bridgehead atoms. The minimum Gasteiger partial charge on any atom is -0.356 e. The first-order valence-electron chi connectivity index (χ1n) is 7.11. The van der Waals surface area contributed by atoms with Gasteiger partial charge in [-0.3, -0.25) is 4.79 Å². The van der Waals surface area contributed by atoms with E-state index >= 15 is 0 Å². The number of hydrogen-bond donors (Lipinski definition) is 2. The Kier molecular flexibility index (Phi) is 7.19. The average molecular weight is 262 g/mol. The summed E-state index contributed by atoms with van der Waals surface area (Å²) in [5.74, 6) is 0.775. The molecule has 0 aliphatic carbocycles. The molecule has 1 aromatic rings. The van der Waals surface area contributed by atoms with Crippen LogP contribution in [-0.4, -0.2) is 19.0 Å². The monoisotopic (exact) mass is 262 g/mol. The molecule has 0 fully saturated rings. The number of carbonyl (C=O) groups is 1. The lowest BCUT2D eigenvalue weighted by molar-refractivity contribution is -0.121. The molecule has 3 nitrogen and oxygen atoms in total. The molecule has 106 valence electrons. The third-order valence-corrected chi connectivity index (χ3v) is 3.02. The predicted molar refractivity (Wildman–Crippen MR) is 80.0 cm³/mol. The third kappa shape index (κ3) is 7.62. The molecule has 0 aromatic heterocycles. The summed E-state index contributed by atoms with van der Waals surface area (Å²) in [6.07, 6.45) is 1.59. The molecule has 0 heterocycles. The molecule has 0 saturated heterocycles. The number of amides is 1. The molecule has 1 aromatic carbocycles. The van der Waals surface area contributed by atoms with Crippen molar-refractivity contribution in [2.75, 3.05) is 13.1 Å². The smallest absolute Gasteiger partial charge is 0.221 e. The van der Waals surface area contributed by atoms with Crippen molar-refractivity contribution in [3.63, 3.8) is 0 Å². The first kappa shape index (κ1) is 15.7. The van der Waals surface area contributed by atoms with E-state index in [9.17, 15) is 4.79 Å². The molecule has 1 amide bonds. The molecular weight excluding hydrogens is 236 g/mol. The Hall–Kier alpha value is -1.35. The van der Waals surface area contributed by atoms with Crippen molar-refractivity contribution in [1.82, 2.24) is 10.6 Å². The Morgan fingerprint density at radius 2 is 1.84 bits per heavy atom. The Morgan fingerprint density at radius 1 is 1.16 bits per heavy atom. The molecule has 0 radical (unpaired) electrons. The first-order chi connectivity index (χ1) is 9.08. The van der Waals surface area contributed by atoms with E-state index in [0.29, 0.717) is 12.3 Å². The van der Waals surface area contributed by atoms with E-state index in [2.05, 4.69) is 55.7 Å². The van der Waals surface area contributed by atoms with Crippen molar-refractivity contribution in [3.8, 4) is 0 Å². The van der Waals surface area contributed by atoms with Gasteiger partial charge in [-0.05, 0) is 24.8 Å². The molecule has 0 aliphatic rings. The van der Waals surface area contributed by atoms with Crippen LogP contribution in [0.2, 0.25) is 0 Å². The van der Waals surface area contributed by atoms with Gasteiger partial charge in [0.1, 0.15) is 0 Å². The Labute approximate surface area is 116 Å². The number of benzene rings is 1. The second-order valence-electron chi connectivity index (χ2n) is 5.44. The van der Waals surface area contributed by atoms with Crippen molar-refractivity contribution in [1.29, 1.82) is 0 Å². The molecule has 0 aliphatic heterocycles. The summed E-state index contributed by atoms with van der Waals surface area (Å²) in [5.41, 5.74) is 2.53. The summed E-state index contributed by atoms with van der Waals surface area (Å²) in [7, 11) is 0. The topological polar surface area (TPSA) is 41.1 Å². The summed E-state index contributed by atoms with van der Waals surface area (Å²) >= 11 is 0. The zero-order chi connectivity index (χ0) is 14.1. The van der Waals surface area contributed by atoms with Crippen LogP contribution in [0.5, 0.6) is 0 Å². The van der Waals surface area contributed by atoms with E-state index in [0.717, 1.165) is 26.1 Å². The minimum atomic E-state index is 0.136. The number of carbonyl (C=O) groups excluding carboxylic acids is 1. The third-order valence-electron chi connectivity index (χ3n) is 3.02. The second-order valence-corrected chi connectivity index (χ2v) is 5.44. The zero-order valence-electron chi connectivity index (χ0n) is 12.3. The van der Waals surface area contributed by atoms with E-state index in [1.165, 1.54) is 11.1 Å². The molecule has 19 heavy (non-hydrogen) atoms. The largest absolute Gasteiger partial charge is 0.356 e. The highest BCUT2D eigenvalue weighted by Crippen LogP contribution is 2.02. The number of rotatable bonds is 8. The van der Waals surface area contributed by atoms with E-state index in [1.54, 1.807) is 0 Å². The fourth-order valence-electron chi connectivity index (χ4n) is 1.73. The molecule has 0 unspecified atom stereocenters. The predicted octanol–water partition coefficient (Wildman–Crippen LogP) is 2.64. The number of hydrogen-bond acceptors (Lipinski definition) is 2. The highest BCUT2D eigenvalue weighted by atomic mass is 16.1.